The summed E-state index contributed by atoms with van der Waals surface area (Å²) in [5, 5.41) is 13.1. The zero-order chi connectivity index (χ0) is 16.7. The van der Waals surface area contributed by atoms with Gasteiger partial charge in [-0.1, -0.05) is 5.57 Å². The molecule has 0 aliphatic heterocycles. The fourth-order valence-corrected chi connectivity index (χ4v) is 1.50. The van der Waals surface area contributed by atoms with Crippen LogP contribution in [0.4, 0.5) is 11.4 Å². The SMILES string of the molecule is COc1cc([N+](=O)[O-])ccc1NC(=O)COC(=O)C=C(C)C. The molecular weight excluding hydrogens is 292 g/mol. The van der Waals surface area contributed by atoms with Gasteiger partial charge in [0, 0.05) is 12.1 Å². The Balaban J connectivity index is 2.70. The number of anilines is 1. The first kappa shape index (κ1) is 17.2. The molecule has 0 bridgehead atoms. The lowest BCUT2D eigenvalue weighted by molar-refractivity contribution is -0.384. The first-order chi connectivity index (χ1) is 10.3. The van der Waals surface area contributed by atoms with Crippen LogP contribution in [0.3, 0.4) is 0 Å². The van der Waals surface area contributed by atoms with Crippen LogP contribution in [0.25, 0.3) is 0 Å². The van der Waals surface area contributed by atoms with Crippen molar-refractivity contribution < 1.29 is 24.0 Å². The van der Waals surface area contributed by atoms with Crippen molar-refractivity contribution in [3.05, 3.63) is 40.0 Å². The summed E-state index contributed by atoms with van der Waals surface area (Å²) < 4.78 is 9.72. The van der Waals surface area contributed by atoms with Crippen molar-refractivity contribution in [2.45, 2.75) is 13.8 Å². The molecule has 0 spiro atoms. The van der Waals surface area contributed by atoms with Gasteiger partial charge in [0.15, 0.2) is 6.61 Å². The number of nitro groups is 1. The summed E-state index contributed by atoms with van der Waals surface area (Å²) >= 11 is 0. The zero-order valence-electron chi connectivity index (χ0n) is 12.4. The maximum Gasteiger partial charge on any atom is 0.331 e. The number of hydrogen-bond acceptors (Lipinski definition) is 6. The highest BCUT2D eigenvalue weighted by molar-refractivity contribution is 5.95. The number of nitro benzene ring substituents is 1. The molecule has 0 atom stereocenters. The molecule has 8 nitrogen and oxygen atoms in total. The lowest BCUT2D eigenvalue weighted by Crippen LogP contribution is -2.20. The molecular formula is C14H16N2O6. The Hall–Kier alpha value is -2.90. The minimum Gasteiger partial charge on any atom is -0.494 e. The van der Waals surface area contributed by atoms with E-state index in [0.29, 0.717) is 0 Å². The van der Waals surface area contributed by atoms with Gasteiger partial charge in [-0.3, -0.25) is 14.9 Å². The highest BCUT2D eigenvalue weighted by Gasteiger charge is 2.14. The summed E-state index contributed by atoms with van der Waals surface area (Å²) in [4.78, 5) is 33.1. The van der Waals surface area contributed by atoms with Gasteiger partial charge in [0.05, 0.1) is 23.8 Å². The average Bonchev–Trinajstić information content (AvgIpc) is 2.44. The van der Waals surface area contributed by atoms with Crippen LogP contribution in [-0.4, -0.2) is 30.5 Å². The normalized spacial score (nSPS) is 9.59. The second-order valence-electron chi connectivity index (χ2n) is 4.52. The molecule has 0 fully saturated rings. The summed E-state index contributed by atoms with van der Waals surface area (Å²) in [6.45, 7) is 2.98. The molecule has 0 aromatic heterocycles. The number of esters is 1. The molecule has 0 aliphatic rings. The van der Waals surface area contributed by atoms with E-state index in [0.717, 1.165) is 5.57 Å². The van der Waals surface area contributed by atoms with Crippen LogP contribution >= 0.6 is 0 Å². The summed E-state index contributed by atoms with van der Waals surface area (Å²) in [5.74, 6) is -1.06. The van der Waals surface area contributed by atoms with Crippen LogP contribution in [0.1, 0.15) is 13.8 Å². The number of rotatable bonds is 6. The Labute approximate surface area is 126 Å². The quantitative estimate of drug-likeness (QED) is 0.373. The van der Waals surface area contributed by atoms with Crippen molar-refractivity contribution in [1.29, 1.82) is 0 Å². The topological polar surface area (TPSA) is 108 Å². The van der Waals surface area contributed by atoms with Crippen molar-refractivity contribution >= 4 is 23.3 Å². The number of amides is 1. The molecule has 1 amide bonds. The van der Waals surface area contributed by atoms with Gasteiger partial charge in [0.1, 0.15) is 5.75 Å². The first-order valence-corrected chi connectivity index (χ1v) is 6.27. The maximum absolute atomic E-state index is 11.7. The smallest absolute Gasteiger partial charge is 0.331 e. The third kappa shape index (κ3) is 5.23. The molecule has 0 unspecified atom stereocenters. The lowest BCUT2D eigenvalue weighted by atomic mass is 10.2. The number of nitrogens with zero attached hydrogens (tertiary/aromatic N) is 1. The molecule has 0 saturated carbocycles. The van der Waals surface area contributed by atoms with Crippen molar-refractivity contribution in [3.63, 3.8) is 0 Å². The number of allylic oxidation sites excluding steroid dienone is 1. The Morgan fingerprint density at radius 2 is 2.05 bits per heavy atom. The van der Waals surface area contributed by atoms with Crippen LogP contribution in [-0.2, 0) is 14.3 Å². The Kier molecular flexibility index (Phi) is 6.06. The highest BCUT2D eigenvalue weighted by Crippen LogP contribution is 2.28. The van der Waals surface area contributed by atoms with Gasteiger partial charge >= 0.3 is 5.97 Å². The second kappa shape index (κ2) is 7.77. The van der Waals surface area contributed by atoms with Crippen LogP contribution in [0.5, 0.6) is 5.75 Å². The van der Waals surface area contributed by atoms with E-state index in [4.69, 9.17) is 9.47 Å². The van der Waals surface area contributed by atoms with Gasteiger partial charge in [-0.05, 0) is 19.9 Å². The number of ether oxygens (including phenoxy) is 2. The summed E-state index contributed by atoms with van der Waals surface area (Å²) in [7, 11) is 1.32. The van der Waals surface area contributed by atoms with Crippen LogP contribution in [0, 0.1) is 10.1 Å². The van der Waals surface area contributed by atoms with Crippen molar-refractivity contribution in [2.75, 3.05) is 19.0 Å². The van der Waals surface area contributed by atoms with Gasteiger partial charge in [0.25, 0.3) is 11.6 Å². The predicted octanol–water partition coefficient (Wildman–Crippen LogP) is 2.05. The summed E-state index contributed by atoms with van der Waals surface area (Å²) in [5.41, 5.74) is 0.837. The van der Waals surface area contributed by atoms with Crippen LogP contribution in [0.15, 0.2) is 29.8 Å². The molecule has 8 heteroatoms. The predicted molar refractivity (Wildman–Crippen MR) is 78.7 cm³/mol. The van der Waals surface area contributed by atoms with Gasteiger partial charge < -0.3 is 14.8 Å². The number of carbonyl (C=O) groups excluding carboxylic acids is 2. The maximum atomic E-state index is 11.7. The highest BCUT2D eigenvalue weighted by atomic mass is 16.6. The van der Waals surface area contributed by atoms with E-state index in [2.05, 4.69) is 5.32 Å². The van der Waals surface area contributed by atoms with Crippen LogP contribution < -0.4 is 10.1 Å². The van der Waals surface area contributed by atoms with E-state index in [1.165, 1.54) is 31.4 Å². The second-order valence-corrected chi connectivity index (χ2v) is 4.52. The first-order valence-electron chi connectivity index (χ1n) is 6.27. The largest absolute Gasteiger partial charge is 0.494 e. The molecule has 0 aliphatic carbocycles. The summed E-state index contributed by atoms with van der Waals surface area (Å²) in [6, 6.07) is 3.75. The van der Waals surface area contributed by atoms with E-state index in [1.54, 1.807) is 13.8 Å². The summed E-state index contributed by atoms with van der Waals surface area (Å²) in [6.07, 6.45) is 1.26. The van der Waals surface area contributed by atoms with Gasteiger partial charge in [-0.2, -0.15) is 0 Å². The van der Waals surface area contributed by atoms with E-state index in [-0.39, 0.29) is 17.1 Å². The molecule has 0 saturated heterocycles. The molecule has 22 heavy (non-hydrogen) atoms. The monoisotopic (exact) mass is 308 g/mol. The van der Waals surface area contributed by atoms with E-state index in [9.17, 15) is 19.7 Å². The number of methoxy groups -OCH3 is 1. The van der Waals surface area contributed by atoms with E-state index >= 15 is 0 Å². The molecule has 1 aromatic carbocycles. The molecule has 0 radical (unpaired) electrons. The standard InChI is InChI=1S/C14H16N2O6/c1-9(2)6-14(18)22-8-13(17)15-11-5-4-10(16(19)20)7-12(11)21-3/h4-7H,8H2,1-3H3,(H,15,17). The number of non-ortho nitro benzene ring substituents is 1. The van der Waals surface area contributed by atoms with Crippen LogP contribution in [0.2, 0.25) is 0 Å². The van der Waals surface area contributed by atoms with Crippen molar-refractivity contribution in [3.8, 4) is 5.75 Å². The van der Waals surface area contributed by atoms with Crippen molar-refractivity contribution in [2.24, 2.45) is 0 Å². The Morgan fingerprint density at radius 3 is 2.59 bits per heavy atom. The molecule has 118 valence electrons. The van der Waals surface area contributed by atoms with Gasteiger partial charge in [0.2, 0.25) is 0 Å². The lowest BCUT2D eigenvalue weighted by Gasteiger charge is -2.09. The molecule has 1 rings (SSSR count). The third-order valence-corrected chi connectivity index (χ3v) is 2.42. The van der Waals surface area contributed by atoms with E-state index < -0.39 is 23.4 Å². The number of nitrogens with one attached hydrogen (secondary N) is 1. The zero-order valence-corrected chi connectivity index (χ0v) is 12.4. The number of carbonyl (C=O) groups is 2. The Bertz CT molecular complexity index is 620. The number of hydrogen-bond donors (Lipinski definition) is 1. The molecule has 1 N–H and O–H groups in total. The third-order valence-electron chi connectivity index (χ3n) is 2.42. The fraction of sp³-hybridized carbons (Fsp3) is 0.286. The van der Waals surface area contributed by atoms with Gasteiger partial charge in [-0.15, -0.1) is 0 Å². The van der Waals surface area contributed by atoms with E-state index in [1.807, 2.05) is 0 Å². The Morgan fingerprint density at radius 1 is 1.36 bits per heavy atom. The molecule has 1 aromatic rings. The molecule has 0 heterocycles. The minimum absolute atomic E-state index is 0.137. The van der Waals surface area contributed by atoms with Crippen molar-refractivity contribution in [1.82, 2.24) is 0 Å². The minimum atomic E-state index is -0.620. The van der Waals surface area contributed by atoms with Gasteiger partial charge in [-0.25, -0.2) is 4.79 Å². The average molecular weight is 308 g/mol. The number of benzene rings is 1. The fourth-order valence-electron chi connectivity index (χ4n) is 1.50.